The Morgan fingerprint density at radius 2 is 1.91 bits per heavy atom. The van der Waals surface area contributed by atoms with Crippen molar-refractivity contribution in [3.8, 4) is 5.75 Å². The third kappa shape index (κ3) is 2.80. The normalized spacial score (nSPS) is 9.64. The van der Waals surface area contributed by atoms with Gasteiger partial charge in [-0.25, -0.2) is 4.39 Å². The summed E-state index contributed by atoms with van der Waals surface area (Å²) >= 11 is 4.09. The fourth-order valence-corrected chi connectivity index (χ4v) is 0.848. The van der Waals surface area contributed by atoms with E-state index < -0.39 is 6.67 Å². The molecule has 0 atom stereocenters. The number of rotatable bonds is 3. The SMILES string of the molecule is FCCOc1ccc(S)cc1. The van der Waals surface area contributed by atoms with Gasteiger partial charge in [0.25, 0.3) is 0 Å². The summed E-state index contributed by atoms with van der Waals surface area (Å²) in [4.78, 5) is 0.873. The second-order valence-corrected chi connectivity index (χ2v) is 2.55. The van der Waals surface area contributed by atoms with Crippen molar-refractivity contribution in [2.24, 2.45) is 0 Å². The Kier molecular flexibility index (Phi) is 3.23. The van der Waals surface area contributed by atoms with Crippen LogP contribution in [0.3, 0.4) is 0 Å². The van der Waals surface area contributed by atoms with E-state index in [0.717, 1.165) is 4.90 Å². The summed E-state index contributed by atoms with van der Waals surface area (Å²) < 4.78 is 16.6. The number of halogens is 1. The van der Waals surface area contributed by atoms with Gasteiger partial charge in [0.05, 0.1) is 0 Å². The zero-order chi connectivity index (χ0) is 8.10. The summed E-state index contributed by atoms with van der Waals surface area (Å²) in [5, 5.41) is 0. The van der Waals surface area contributed by atoms with Gasteiger partial charge in [-0.15, -0.1) is 12.6 Å². The highest BCUT2D eigenvalue weighted by Gasteiger charge is 1.91. The van der Waals surface area contributed by atoms with E-state index in [2.05, 4.69) is 12.6 Å². The molecule has 0 saturated carbocycles. The highest BCUT2D eigenvalue weighted by atomic mass is 32.1. The summed E-state index contributed by atoms with van der Waals surface area (Å²) in [6.45, 7) is -0.339. The minimum absolute atomic E-state index is 0.117. The van der Waals surface area contributed by atoms with E-state index in [4.69, 9.17) is 4.74 Å². The molecule has 0 heterocycles. The number of ether oxygens (including phenoxy) is 1. The van der Waals surface area contributed by atoms with Gasteiger partial charge in [-0.1, -0.05) is 0 Å². The van der Waals surface area contributed by atoms with Crippen molar-refractivity contribution in [1.29, 1.82) is 0 Å². The average molecular weight is 172 g/mol. The summed E-state index contributed by atoms with van der Waals surface area (Å²) in [5.41, 5.74) is 0. The first kappa shape index (κ1) is 8.40. The van der Waals surface area contributed by atoms with Crippen LogP contribution in [0.25, 0.3) is 0 Å². The average Bonchev–Trinajstić information content (AvgIpc) is 2.04. The Balaban J connectivity index is 2.52. The van der Waals surface area contributed by atoms with Crippen LogP contribution in [0.4, 0.5) is 4.39 Å². The number of hydrogen-bond acceptors (Lipinski definition) is 2. The molecule has 0 radical (unpaired) electrons. The van der Waals surface area contributed by atoms with Gasteiger partial charge in [-0.3, -0.25) is 0 Å². The van der Waals surface area contributed by atoms with Gasteiger partial charge in [0.15, 0.2) is 0 Å². The maximum absolute atomic E-state index is 11.6. The standard InChI is InChI=1S/C8H9FOS/c9-5-6-10-7-1-3-8(11)4-2-7/h1-4,11H,5-6H2. The first-order valence-corrected chi connectivity index (χ1v) is 3.75. The molecular formula is C8H9FOS. The molecule has 0 saturated heterocycles. The molecule has 0 aliphatic rings. The van der Waals surface area contributed by atoms with Crippen molar-refractivity contribution >= 4 is 12.6 Å². The minimum atomic E-state index is -0.456. The van der Waals surface area contributed by atoms with E-state index in [-0.39, 0.29) is 6.61 Å². The van der Waals surface area contributed by atoms with Crippen LogP contribution in [0.15, 0.2) is 29.2 Å². The van der Waals surface area contributed by atoms with E-state index in [1.807, 2.05) is 0 Å². The van der Waals surface area contributed by atoms with Crippen LogP contribution in [0.2, 0.25) is 0 Å². The van der Waals surface area contributed by atoms with E-state index in [1.54, 1.807) is 24.3 Å². The van der Waals surface area contributed by atoms with Gasteiger partial charge < -0.3 is 4.74 Å². The molecule has 0 aliphatic carbocycles. The van der Waals surface area contributed by atoms with Crippen molar-refractivity contribution in [1.82, 2.24) is 0 Å². The Morgan fingerprint density at radius 3 is 2.45 bits per heavy atom. The molecule has 1 aromatic carbocycles. The third-order valence-electron chi connectivity index (χ3n) is 1.18. The van der Waals surface area contributed by atoms with Gasteiger partial charge in [0, 0.05) is 4.90 Å². The van der Waals surface area contributed by atoms with Crippen molar-refractivity contribution in [3.05, 3.63) is 24.3 Å². The Bertz CT molecular complexity index is 210. The van der Waals surface area contributed by atoms with E-state index in [0.29, 0.717) is 5.75 Å². The van der Waals surface area contributed by atoms with Gasteiger partial charge in [0.1, 0.15) is 19.0 Å². The molecule has 0 amide bonds. The highest BCUT2D eigenvalue weighted by Crippen LogP contribution is 2.13. The number of alkyl halides is 1. The largest absolute Gasteiger partial charge is 0.491 e. The van der Waals surface area contributed by atoms with Crippen LogP contribution in [0, 0.1) is 0 Å². The maximum atomic E-state index is 11.6. The summed E-state index contributed by atoms with van der Waals surface area (Å²) in [7, 11) is 0. The van der Waals surface area contributed by atoms with Crippen LogP contribution >= 0.6 is 12.6 Å². The number of thiol groups is 1. The fraction of sp³-hybridized carbons (Fsp3) is 0.250. The van der Waals surface area contributed by atoms with Crippen LogP contribution in [-0.4, -0.2) is 13.3 Å². The molecule has 0 unspecified atom stereocenters. The van der Waals surface area contributed by atoms with Crippen LogP contribution in [-0.2, 0) is 0 Å². The van der Waals surface area contributed by atoms with Gasteiger partial charge in [-0.2, -0.15) is 0 Å². The monoisotopic (exact) mass is 172 g/mol. The molecule has 0 fully saturated rings. The summed E-state index contributed by atoms with van der Waals surface area (Å²) in [6.07, 6.45) is 0. The predicted molar refractivity (Wildman–Crippen MR) is 45.2 cm³/mol. The second-order valence-electron chi connectivity index (χ2n) is 2.03. The van der Waals surface area contributed by atoms with Crippen molar-refractivity contribution in [2.75, 3.05) is 13.3 Å². The van der Waals surface area contributed by atoms with Gasteiger partial charge in [-0.05, 0) is 24.3 Å². The van der Waals surface area contributed by atoms with E-state index in [1.165, 1.54) is 0 Å². The number of benzene rings is 1. The molecule has 3 heteroatoms. The van der Waals surface area contributed by atoms with Crippen molar-refractivity contribution in [2.45, 2.75) is 4.90 Å². The Labute approximate surface area is 70.6 Å². The minimum Gasteiger partial charge on any atom is -0.491 e. The lowest BCUT2D eigenvalue weighted by atomic mass is 10.3. The van der Waals surface area contributed by atoms with E-state index in [9.17, 15) is 4.39 Å². The highest BCUT2D eigenvalue weighted by molar-refractivity contribution is 7.80. The predicted octanol–water partition coefficient (Wildman–Crippen LogP) is 2.32. The first-order chi connectivity index (χ1) is 5.33. The summed E-state index contributed by atoms with van der Waals surface area (Å²) in [5.74, 6) is 0.681. The topological polar surface area (TPSA) is 9.23 Å². The molecule has 0 spiro atoms. The van der Waals surface area contributed by atoms with Gasteiger partial charge >= 0.3 is 0 Å². The molecule has 0 aromatic heterocycles. The van der Waals surface area contributed by atoms with Crippen molar-refractivity contribution in [3.63, 3.8) is 0 Å². The first-order valence-electron chi connectivity index (χ1n) is 3.31. The third-order valence-corrected chi connectivity index (χ3v) is 1.48. The molecule has 60 valence electrons. The molecule has 0 aliphatic heterocycles. The van der Waals surface area contributed by atoms with Crippen LogP contribution < -0.4 is 4.74 Å². The molecule has 1 nitrogen and oxygen atoms in total. The molecule has 0 N–H and O–H groups in total. The smallest absolute Gasteiger partial charge is 0.123 e. The molecular weight excluding hydrogens is 163 g/mol. The van der Waals surface area contributed by atoms with Crippen LogP contribution in [0.5, 0.6) is 5.75 Å². The lowest BCUT2D eigenvalue weighted by molar-refractivity contribution is 0.273. The molecule has 1 rings (SSSR count). The Morgan fingerprint density at radius 1 is 1.27 bits per heavy atom. The molecule has 11 heavy (non-hydrogen) atoms. The lowest BCUT2D eigenvalue weighted by Gasteiger charge is -2.01. The fourth-order valence-electron chi connectivity index (χ4n) is 0.699. The van der Waals surface area contributed by atoms with Crippen LogP contribution in [0.1, 0.15) is 0 Å². The van der Waals surface area contributed by atoms with Crippen molar-refractivity contribution < 1.29 is 9.13 Å². The quantitative estimate of drug-likeness (QED) is 0.688. The lowest BCUT2D eigenvalue weighted by Crippen LogP contribution is -1.97. The Hall–Kier alpha value is -0.700. The van der Waals surface area contributed by atoms with Gasteiger partial charge in [0.2, 0.25) is 0 Å². The molecule has 0 bridgehead atoms. The molecule has 1 aromatic rings. The maximum Gasteiger partial charge on any atom is 0.123 e. The second kappa shape index (κ2) is 4.23. The number of hydrogen-bond donors (Lipinski definition) is 1. The zero-order valence-electron chi connectivity index (χ0n) is 5.96. The zero-order valence-corrected chi connectivity index (χ0v) is 6.85. The summed E-state index contributed by atoms with van der Waals surface area (Å²) in [6, 6.07) is 7.13. The van der Waals surface area contributed by atoms with E-state index >= 15 is 0 Å².